The van der Waals surface area contributed by atoms with E-state index in [9.17, 15) is 0 Å². The highest BCUT2D eigenvalue weighted by Gasteiger charge is 2.12. The van der Waals surface area contributed by atoms with Crippen LogP contribution >= 0.6 is 11.8 Å². The number of fused-ring (bicyclic) bond motifs is 1. The summed E-state index contributed by atoms with van der Waals surface area (Å²) in [5, 5.41) is 5.94. The summed E-state index contributed by atoms with van der Waals surface area (Å²) < 4.78 is 0. The van der Waals surface area contributed by atoms with Crippen molar-refractivity contribution in [1.29, 1.82) is 0 Å². The molecular weight excluding hydrogens is 240 g/mol. The summed E-state index contributed by atoms with van der Waals surface area (Å²) in [6.07, 6.45) is 5.16. The standard InChI is InChI=1S/C15H20N2S/c1-3-8-18-11-15(16-2)14-10-17-9-12-6-4-5-7-13(12)14/h4-7,9-10,15-16H,3,8,11H2,1-2H3. The van der Waals surface area contributed by atoms with E-state index in [2.05, 4.69) is 41.5 Å². The van der Waals surface area contributed by atoms with Crippen molar-refractivity contribution in [1.82, 2.24) is 10.3 Å². The summed E-state index contributed by atoms with van der Waals surface area (Å²) >= 11 is 2.00. The molecule has 0 aliphatic rings. The first-order valence-electron chi connectivity index (χ1n) is 6.44. The maximum absolute atomic E-state index is 4.36. The second kappa shape index (κ2) is 6.76. The van der Waals surface area contributed by atoms with E-state index in [0.717, 1.165) is 5.75 Å². The van der Waals surface area contributed by atoms with Crippen LogP contribution in [0.2, 0.25) is 0 Å². The number of rotatable bonds is 6. The van der Waals surface area contributed by atoms with E-state index in [1.807, 2.05) is 31.2 Å². The number of nitrogens with zero attached hydrogens (tertiary/aromatic N) is 1. The largest absolute Gasteiger partial charge is 0.312 e. The Morgan fingerprint density at radius 2 is 2.11 bits per heavy atom. The van der Waals surface area contributed by atoms with Crippen LogP contribution in [0.1, 0.15) is 24.9 Å². The Bertz CT molecular complexity index is 493. The minimum absolute atomic E-state index is 0.375. The first-order valence-corrected chi connectivity index (χ1v) is 7.60. The minimum atomic E-state index is 0.375. The normalized spacial score (nSPS) is 12.8. The summed E-state index contributed by atoms with van der Waals surface area (Å²) in [6.45, 7) is 2.22. The Morgan fingerprint density at radius 1 is 1.28 bits per heavy atom. The summed E-state index contributed by atoms with van der Waals surface area (Å²) in [7, 11) is 2.03. The van der Waals surface area contributed by atoms with E-state index in [4.69, 9.17) is 0 Å². The summed E-state index contributed by atoms with van der Waals surface area (Å²) in [5.41, 5.74) is 1.30. The van der Waals surface area contributed by atoms with Gasteiger partial charge in [-0.15, -0.1) is 0 Å². The Morgan fingerprint density at radius 3 is 2.89 bits per heavy atom. The molecule has 0 saturated heterocycles. The van der Waals surface area contributed by atoms with Gasteiger partial charge in [0, 0.05) is 29.6 Å². The second-order valence-electron chi connectivity index (χ2n) is 4.37. The highest BCUT2D eigenvalue weighted by molar-refractivity contribution is 7.99. The molecule has 0 radical (unpaired) electrons. The maximum atomic E-state index is 4.36. The van der Waals surface area contributed by atoms with Crippen LogP contribution in [0, 0.1) is 0 Å². The van der Waals surface area contributed by atoms with Crippen molar-refractivity contribution in [2.24, 2.45) is 0 Å². The van der Waals surface area contributed by atoms with Crippen LogP contribution in [0.3, 0.4) is 0 Å². The molecule has 0 bridgehead atoms. The predicted octanol–water partition coefficient (Wildman–Crippen LogP) is 3.64. The SMILES string of the molecule is CCCSCC(NC)c1cncc2ccccc12. The van der Waals surface area contributed by atoms with Gasteiger partial charge in [0.2, 0.25) is 0 Å². The van der Waals surface area contributed by atoms with Gasteiger partial charge in [-0.25, -0.2) is 0 Å². The quantitative estimate of drug-likeness (QED) is 0.803. The first-order chi connectivity index (χ1) is 8.86. The van der Waals surface area contributed by atoms with Crippen LogP contribution in [0.4, 0.5) is 0 Å². The molecule has 1 aromatic carbocycles. The molecule has 3 heteroatoms. The molecule has 1 atom stereocenters. The molecule has 2 rings (SSSR count). The fraction of sp³-hybridized carbons (Fsp3) is 0.400. The first kappa shape index (κ1) is 13.4. The van der Waals surface area contributed by atoms with Gasteiger partial charge >= 0.3 is 0 Å². The number of aromatic nitrogens is 1. The summed E-state index contributed by atoms with van der Waals surface area (Å²) in [6, 6.07) is 8.84. The van der Waals surface area contributed by atoms with Crippen LogP contribution in [0.15, 0.2) is 36.7 Å². The van der Waals surface area contributed by atoms with Crippen LogP contribution in [0.25, 0.3) is 10.8 Å². The van der Waals surface area contributed by atoms with E-state index in [-0.39, 0.29) is 0 Å². The van der Waals surface area contributed by atoms with E-state index in [1.165, 1.54) is 28.5 Å². The average Bonchev–Trinajstić information content (AvgIpc) is 2.43. The Labute approximate surface area is 113 Å². The number of hydrogen-bond acceptors (Lipinski definition) is 3. The molecule has 0 amide bonds. The van der Waals surface area contributed by atoms with Gasteiger partial charge in [-0.2, -0.15) is 11.8 Å². The molecule has 0 spiro atoms. The van der Waals surface area contributed by atoms with Gasteiger partial charge in [0.15, 0.2) is 0 Å². The number of benzene rings is 1. The molecule has 1 N–H and O–H groups in total. The third kappa shape index (κ3) is 3.03. The van der Waals surface area contributed by atoms with E-state index in [0.29, 0.717) is 6.04 Å². The van der Waals surface area contributed by atoms with Crippen molar-refractivity contribution in [3.63, 3.8) is 0 Å². The lowest BCUT2D eigenvalue weighted by atomic mass is 10.0. The molecule has 1 unspecified atom stereocenters. The number of thioether (sulfide) groups is 1. The van der Waals surface area contributed by atoms with E-state index < -0.39 is 0 Å². The molecule has 1 heterocycles. The van der Waals surface area contributed by atoms with Crippen LogP contribution in [-0.4, -0.2) is 23.5 Å². The predicted molar refractivity (Wildman–Crippen MR) is 81.2 cm³/mol. The third-order valence-corrected chi connectivity index (χ3v) is 4.32. The lowest BCUT2D eigenvalue weighted by Crippen LogP contribution is -2.19. The van der Waals surface area contributed by atoms with Crippen molar-refractivity contribution in [3.8, 4) is 0 Å². The fourth-order valence-corrected chi connectivity index (χ4v) is 3.13. The Kier molecular flexibility index (Phi) is 5.02. The van der Waals surface area contributed by atoms with Crippen molar-refractivity contribution >= 4 is 22.5 Å². The Hall–Kier alpha value is -1.06. The van der Waals surface area contributed by atoms with Crippen LogP contribution < -0.4 is 5.32 Å². The second-order valence-corrected chi connectivity index (χ2v) is 5.52. The molecule has 0 aliphatic carbocycles. The number of hydrogen-bond donors (Lipinski definition) is 1. The molecular formula is C15H20N2S. The summed E-state index contributed by atoms with van der Waals surface area (Å²) in [4.78, 5) is 4.36. The van der Waals surface area contributed by atoms with E-state index in [1.54, 1.807) is 0 Å². The van der Waals surface area contributed by atoms with Gasteiger partial charge in [-0.3, -0.25) is 4.98 Å². The topological polar surface area (TPSA) is 24.9 Å². The minimum Gasteiger partial charge on any atom is -0.312 e. The maximum Gasteiger partial charge on any atom is 0.0430 e. The average molecular weight is 260 g/mol. The molecule has 0 aliphatic heterocycles. The zero-order chi connectivity index (χ0) is 12.8. The smallest absolute Gasteiger partial charge is 0.0430 e. The lowest BCUT2D eigenvalue weighted by molar-refractivity contribution is 0.664. The van der Waals surface area contributed by atoms with Gasteiger partial charge in [-0.1, -0.05) is 31.2 Å². The molecule has 2 aromatic rings. The molecule has 0 fully saturated rings. The van der Waals surface area contributed by atoms with E-state index >= 15 is 0 Å². The monoisotopic (exact) mass is 260 g/mol. The van der Waals surface area contributed by atoms with Crippen LogP contribution in [-0.2, 0) is 0 Å². The van der Waals surface area contributed by atoms with Gasteiger partial charge in [-0.05, 0) is 30.2 Å². The lowest BCUT2D eigenvalue weighted by Gasteiger charge is -2.17. The summed E-state index contributed by atoms with van der Waals surface area (Å²) in [5.74, 6) is 2.32. The van der Waals surface area contributed by atoms with Crippen LogP contribution in [0.5, 0.6) is 0 Å². The van der Waals surface area contributed by atoms with Crippen molar-refractivity contribution < 1.29 is 0 Å². The number of pyridine rings is 1. The van der Waals surface area contributed by atoms with Crippen molar-refractivity contribution in [3.05, 3.63) is 42.2 Å². The zero-order valence-electron chi connectivity index (χ0n) is 11.0. The molecule has 2 nitrogen and oxygen atoms in total. The van der Waals surface area contributed by atoms with Gasteiger partial charge in [0.25, 0.3) is 0 Å². The van der Waals surface area contributed by atoms with Gasteiger partial charge in [0.1, 0.15) is 0 Å². The molecule has 18 heavy (non-hydrogen) atoms. The van der Waals surface area contributed by atoms with Gasteiger partial charge in [0.05, 0.1) is 0 Å². The Balaban J connectivity index is 2.27. The highest BCUT2D eigenvalue weighted by Crippen LogP contribution is 2.25. The molecule has 1 aromatic heterocycles. The molecule has 0 saturated carbocycles. The van der Waals surface area contributed by atoms with Gasteiger partial charge < -0.3 is 5.32 Å². The fourth-order valence-electron chi connectivity index (χ4n) is 2.09. The molecule has 96 valence electrons. The zero-order valence-corrected chi connectivity index (χ0v) is 11.8. The highest BCUT2D eigenvalue weighted by atomic mass is 32.2. The van der Waals surface area contributed by atoms with Crippen molar-refractivity contribution in [2.75, 3.05) is 18.6 Å². The third-order valence-electron chi connectivity index (χ3n) is 3.06. The van der Waals surface area contributed by atoms with Crippen molar-refractivity contribution in [2.45, 2.75) is 19.4 Å². The number of nitrogens with one attached hydrogen (secondary N) is 1.